The van der Waals surface area contributed by atoms with Crippen LogP contribution < -0.4 is 9.88 Å². The lowest BCUT2D eigenvalue weighted by Crippen LogP contribution is -2.45. The highest BCUT2D eigenvalue weighted by molar-refractivity contribution is 6.41. The molecule has 1 aromatic heterocycles. The van der Waals surface area contributed by atoms with E-state index in [4.69, 9.17) is 11.6 Å². The van der Waals surface area contributed by atoms with Crippen LogP contribution in [0.4, 0.5) is 5.82 Å². The number of anilines is 1. The van der Waals surface area contributed by atoms with Crippen molar-refractivity contribution in [3.05, 3.63) is 65.3 Å². The van der Waals surface area contributed by atoms with Gasteiger partial charge in [-0.3, -0.25) is 9.91 Å². The van der Waals surface area contributed by atoms with E-state index in [0.29, 0.717) is 5.03 Å². The summed E-state index contributed by atoms with van der Waals surface area (Å²) in [5.41, 5.74) is 1.08. The quantitative estimate of drug-likeness (QED) is 0.809. The predicted molar refractivity (Wildman–Crippen MR) is 95.5 cm³/mol. The van der Waals surface area contributed by atoms with Crippen molar-refractivity contribution in [2.45, 2.75) is 0 Å². The lowest BCUT2D eigenvalue weighted by Gasteiger charge is -2.28. The second kappa shape index (κ2) is 7.79. The number of hydrogen-bond donors (Lipinski definition) is 0. The van der Waals surface area contributed by atoms with Gasteiger partial charge in [-0.05, 0) is 17.7 Å². The molecule has 0 saturated carbocycles. The third kappa shape index (κ3) is 4.57. The first-order valence-corrected chi connectivity index (χ1v) is 8.12. The van der Waals surface area contributed by atoms with Gasteiger partial charge in [-0.15, -0.1) is 0 Å². The number of rotatable bonds is 4. The first-order chi connectivity index (χ1) is 11.3. The number of hydrazone groups is 1. The van der Waals surface area contributed by atoms with E-state index in [-0.39, 0.29) is 0 Å². The summed E-state index contributed by atoms with van der Waals surface area (Å²) in [5, 5.41) is 7.17. The van der Waals surface area contributed by atoms with Crippen molar-refractivity contribution in [3.63, 3.8) is 0 Å². The van der Waals surface area contributed by atoms with Crippen molar-refractivity contribution in [2.75, 3.05) is 31.1 Å². The van der Waals surface area contributed by atoms with Crippen LogP contribution in [0.3, 0.4) is 0 Å². The van der Waals surface area contributed by atoms with Crippen LogP contribution >= 0.6 is 11.6 Å². The Morgan fingerprint density at radius 2 is 1.74 bits per heavy atom. The van der Waals surface area contributed by atoms with Crippen LogP contribution in [0.25, 0.3) is 6.08 Å². The largest absolute Gasteiger partial charge is 0.289 e. The Bertz CT molecular complexity index is 662. The van der Waals surface area contributed by atoms with E-state index in [1.165, 1.54) is 0 Å². The molecule has 5 heteroatoms. The maximum absolute atomic E-state index is 6.23. The van der Waals surface area contributed by atoms with Gasteiger partial charge in [-0.25, -0.2) is 4.98 Å². The molecule has 4 nitrogen and oxygen atoms in total. The van der Waals surface area contributed by atoms with Crippen LogP contribution in [0.5, 0.6) is 0 Å². The molecule has 0 bridgehead atoms. The van der Waals surface area contributed by atoms with E-state index >= 15 is 0 Å². The van der Waals surface area contributed by atoms with Crippen molar-refractivity contribution < 1.29 is 4.98 Å². The number of allylic oxidation sites excluding steroid dienone is 1. The van der Waals surface area contributed by atoms with Crippen molar-refractivity contribution in [3.8, 4) is 0 Å². The number of nitrogens with one attached hydrogen (secondary N) is 1. The first kappa shape index (κ1) is 15.6. The standard InChI is InChI=1S/C18H19ClN4/c19-17(14-16-6-2-1-3-7-16)15-21-23-12-10-22(11-13-23)18-8-4-5-9-20-18/h1-9,14-15H,10-13H2/p+1/b17-14-,21-15?. The summed E-state index contributed by atoms with van der Waals surface area (Å²) in [6.45, 7) is 3.65. The molecular formula is C18H20ClN4+. The summed E-state index contributed by atoms with van der Waals surface area (Å²) in [4.78, 5) is 5.60. The third-order valence-electron chi connectivity index (χ3n) is 3.74. The molecule has 1 fully saturated rings. The molecule has 1 aliphatic rings. The number of pyridine rings is 1. The number of hydrogen-bond acceptors (Lipinski definition) is 3. The van der Waals surface area contributed by atoms with Gasteiger partial charge >= 0.3 is 0 Å². The highest BCUT2D eigenvalue weighted by Gasteiger charge is 2.21. The molecule has 0 radical (unpaired) electrons. The van der Waals surface area contributed by atoms with Gasteiger partial charge in [0.05, 0.1) is 30.5 Å². The van der Waals surface area contributed by atoms with Gasteiger partial charge in [0.25, 0.3) is 5.82 Å². The number of piperazine rings is 1. The summed E-state index contributed by atoms with van der Waals surface area (Å²) < 4.78 is 0. The highest BCUT2D eigenvalue weighted by atomic mass is 35.5. The van der Waals surface area contributed by atoms with Gasteiger partial charge in [0, 0.05) is 6.07 Å². The second-order valence-electron chi connectivity index (χ2n) is 5.37. The zero-order chi connectivity index (χ0) is 15.9. The Balaban J connectivity index is 1.53. The zero-order valence-corrected chi connectivity index (χ0v) is 13.7. The second-order valence-corrected chi connectivity index (χ2v) is 5.81. The summed E-state index contributed by atoms with van der Waals surface area (Å²) in [7, 11) is 0. The fourth-order valence-electron chi connectivity index (χ4n) is 2.52. The monoisotopic (exact) mass is 327 g/mol. The van der Waals surface area contributed by atoms with Gasteiger partial charge in [0.2, 0.25) is 0 Å². The topological polar surface area (TPSA) is 33.0 Å². The summed E-state index contributed by atoms with van der Waals surface area (Å²) in [6, 6.07) is 16.1. The van der Waals surface area contributed by atoms with Crippen LogP contribution in [-0.2, 0) is 0 Å². The molecular weight excluding hydrogens is 308 g/mol. The minimum absolute atomic E-state index is 0.634. The van der Waals surface area contributed by atoms with Gasteiger partial charge in [-0.2, -0.15) is 5.10 Å². The number of benzene rings is 1. The van der Waals surface area contributed by atoms with Crippen molar-refractivity contribution in [1.82, 2.24) is 5.01 Å². The molecule has 0 amide bonds. The fraction of sp³-hybridized carbons (Fsp3) is 0.222. The Kier molecular flexibility index (Phi) is 5.27. The highest BCUT2D eigenvalue weighted by Crippen LogP contribution is 2.11. The van der Waals surface area contributed by atoms with Crippen LogP contribution in [0.15, 0.2) is 64.9 Å². The summed E-state index contributed by atoms with van der Waals surface area (Å²) in [6.07, 6.45) is 5.59. The van der Waals surface area contributed by atoms with E-state index in [0.717, 1.165) is 37.6 Å². The van der Waals surface area contributed by atoms with E-state index < -0.39 is 0 Å². The number of aromatic amines is 1. The molecule has 1 N–H and O–H groups in total. The molecule has 23 heavy (non-hydrogen) atoms. The average molecular weight is 328 g/mol. The fourth-order valence-corrected chi connectivity index (χ4v) is 2.69. The number of H-pyrrole nitrogens is 1. The molecule has 0 unspecified atom stereocenters. The van der Waals surface area contributed by atoms with E-state index in [9.17, 15) is 0 Å². The molecule has 0 spiro atoms. The van der Waals surface area contributed by atoms with Gasteiger partial charge in [0.1, 0.15) is 13.1 Å². The SMILES string of the molecule is Cl/C(C=NN1CCN(c2cccc[nH+]2)CC1)=C\c1ccccc1. The smallest absolute Gasteiger partial charge is 0.274 e. The maximum Gasteiger partial charge on any atom is 0.274 e. The maximum atomic E-state index is 6.23. The lowest BCUT2D eigenvalue weighted by molar-refractivity contribution is -0.364. The number of halogens is 1. The molecule has 0 aliphatic carbocycles. The Morgan fingerprint density at radius 3 is 2.43 bits per heavy atom. The van der Waals surface area contributed by atoms with Gasteiger partial charge in [0.15, 0.2) is 0 Å². The molecule has 2 heterocycles. The molecule has 3 rings (SSSR count). The first-order valence-electron chi connectivity index (χ1n) is 7.74. The van der Waals surface area contributed by atoms with Crippen LogP contribution in [0, 0.1) is 0 Å². The van der Waals surface area contributed by atoms with E-state index in [1.54, 1.807) is 6.21 Å². The van der Waals surface area contributed by atoms with Crippen molar-refractivity contribution in [1.29, 1.82) is 0 Å². The predicted octanol–water partition coefficient (Wildman–Crippen LogP) is 2.89. The minimum Gasteiger partial charge on any atom is -0.289 e. The Labute approximate surface area is 141 Å². The molecule has 118 valence electrons. The van der Waals surface area contributed by atoms with E-state index in [2.05, 4.69) is 26.1 Å². The minimum atomic E-state index is 0.634. The molecule has 1 aliphatic heterocycles. The average Bonchev–Trinajstić information content (AvgIpc) is 2.62. The van der Waals surface area contributed by atoms with Crippen LogP contribution in [0.2, 0.25) is 0 Å². The summed E-state index contributed by atoms with van der Waals surface area (Å²) >= 11 is 6.23. The van der Waals surface area contributed by atoms with Crippen LogP contribution in [0.1, 0.15) is 5.56 Å². The van der Waals surface area contributed by atoms with Crippen LogP contribution in [-0.4, -0.2) is 37.4 Å². The Hall–Kier alpha value is -2.33. The zero-order valence-electron chi connectivity index (χ0n) is 12.9. The van der Waals surface area contributed by atoms with Crippen molar-refractivity contribution in [2.24, 2.45) is 5.10 Å². The van der Waals surface area contributed by atoms with E-state index in [1.807, 2.05) is 54.7 Å². The molecule has 1 saturated heterocycles. The van der Waals surface area contributed by atoms with Crippen molar-refractivity contribution >= 4 is 29.7 Å². The summed E-state index contributed by atoms with van der Waals surface area (Å²) in [5.74, 6) is 1.15. The molecule has 2 aromatic rings. The molecule has 1 aromatic carbocycles. The third-order valence-corrected chi connectivity index (χ3v) is 3.94. The lowest BCUT2D eigenvalue weighted by atomic mass is 10.2. The molecule has 0 atom stereocenters. The number of nitrogens with zero attached hydrogens (tertiary/aromatic N) is 3. The number of aromatic nitrogens is 1. The van der Waals surface area contributed by atoms with Gasteiger partial charge in [-0.1, -0.05) is 48.0 Å². The normalized spacial score (nSPS) is 16.1. The van der Waals surface area contributed by atoms with Gasteiger partial charge < -0.3 is 0 Å². The Morgan fingerprint density at radius 1 is 1.00 bits per heavy atom.